The van der Waals surface area contributed by atoms with Gasteiger partial charge >= 0.3 is 0 Å². The van der Waals surface area contributed by atoms with Crippen LogP contribution in [-0.4, -0.2) is 40.4 Å². The van der Waals surface area contributed by atoms with Crippen LogP contribution in [0, 0.1) is 23.0 Å². The lowest BCUT2D eigenvalue weighted by molar-refractivity contribution is 0.381. The van der Waals surface area contributed by atoms with E-state index in [1.165, 1.54) is 24.5 Å². The molecule has 0 fully saturated rings. The lowest BCUT2D eigenvalue weighted by Crippen LogP contribution is -2.13. The summed E-state index contributed by atoms with van der Waals surface area (Å²) in [6, 6.07) is 4.48. The van der Waals surface area contributed by atoms with E-state index in [1.54, 1.807) is 30.4 Å². The van der Waals surface area contributed by atoms with Crippen LogP contribution in [0.5, 0.6) is 0 Å². The van der Waals surface area contributed by atoms with Crippen molar-refractivity contribution in [3.8, 4) is 17.2 Å². The number of hydrogen-bond donors (Lipinski definition) is 1. The lowest BCUT2D eigenvalue weighted by Gasteiger charge is -2.13. The molecule has 2 heterocycles. The number of rotatable bonds is 4. The Labute approximate surface area is 143 Å². The zero-order valence-electron chi connectivity index (χ0n) is 14.0. The number of aromatic nitrogens is 3. The highest BCUT2D eigenvalue weighted by atomic mass is 19.1. The van der Waals surface area contributed by atoms with Crippen LogP contribution in [0.2, 0.25) is 0 Å². The fraction of sp³-hybridized carbons (Fsp3) is 0.235. The van der Waals surface area contributed by atoms with Crippen molar-refractivity contribution in [1.29, 1.82) is 5.26 Å². The number of nitrogens with one attached hydrogen (secondary N) is 1. The second kappa shape index (κ2) is 6.45. The predicted octanol–water partition coefficient (Wildman–Crippen LogP) is 2.65. The molecular formula is C17H16F2N6. The van der Waals surface area contributed by atoms with Crippen molar-refractivity contribution in [2.75, 3.05) is 26.5 Å². The number of anilines is 1. The van der Waals surface area contributed by atoms with Gasteiger partial charge in [-0.15, -0.1) is 0 Å². The van der Waals surface area contributed by atoms with Gasteiger partial charge in [-0.1, -0.05) is 0 Å². The zero-order chi connectivity index (χ0) is 18.1. The summed E-state index contributed by atoms with van der Waals surface area (Å²) in [5.41, 5.74) is 1.35. The van der Waals surface area contributed by atoms with E-state index in [0.29, 0.717) is 22.7 Å². The van der Waals surface area contributed by atoms with Gasteiger partial charge in [-0.25, -0.2) is 18.7 Å². The summed E-state index contributed by atoms with van der Waals surface area (Å²) in [5.74, 6) is -0.795. The zero-order valence-corrected chi connectivity index (χ0v) is 14.0. The summed E-state index contributed by atoms with van der Waals surface area (Å²) in [6.07, 6.45) is 3.00. The highest BCUT2D eigenvalue weighted by Gasteiger charge is 2.17. The van der Waals surface area contributed by atoms with E-state index < -0.39 is 11.6 Å². The molecule has 2 aromatic heterocycles. The average molecular weight is 342 g/mol. The number of nitriles is 1. The molecule has 0 bridgehead atoms. The van der Waals surface area contributed by atoms with Crippen LogP contribution < -0.4 is 5.32 Å². The third kappa shape index (κ3) is 3.02. The first-order valence-corrected chi connectivity index (χ1v) is 7.53. The largest absolute Gasteiger partial charge is 0.358 e. The minimum absolute atomic E-state index is 0.00521. The highest BCUT2D eigenvalue weighted by molar-refractivity contribution is 5.78. The topological polar surface area (TPSA) is 69.2 Å². The first-order valence-electron chi connectivity index (χ1n) is 7.53. The van der Waals surface area contributed by atoms with Crippen molar-refractivity contribution in [2.24, 2.45) is 0 Å². The van der Waals surface area contributed by atoms with E-state index in [1.807, 2.05) is 6.07 Å². The molecule has 0 saturated carbocycles. The summed E-state index contributed by atoms with van der Waals surface area (Å²) in [6.45, 7) is 0.159. The van der Waals surface area contributed by atoms with E-state index in [4.69, 9.17) is 5.26 Å². The first kappa shape index (κ1) is 16.8. The number of hydrogen-bond acceptors (Lipinski definition) is 5. The quantitative estimate of drug-likeness (QED) is 0.789. The summed E-state index contributed by atoms with van der Waals surface area (Å²) in [7, 11) is 5.16. The molecule has 0 aliphatic rings. The van der Waals surface area contributed by atoms with Crippen LogP contribution in [0.4, 0.5) is 14.7 Å². The SMILES string of the molecule is CNc1ncc(-c2cc(F)c(CN(C)C)c(F)c2)c2nc(C#N)cn12. The molecule has 25 heavy (non-hydrogen) atoms. The minimum atomic E-state index is -0.633. The molecule has 0 amide bonds. The molecule has 0 atom stereocenters. The molecule has 0 aliphatic carbocycles. The fourth-order valence-electron chi connectivity index (χ4n) is 2.65. The first-order chi connectivity index (χ1) is 11.9. The smallest absolute Gasteiger partial charge is 0.208 e. The Kier molecular flexibility index (Phi) is 4.33. The van der Waals surface area contributed by atoms with Crippen LogP contribution in [0.3, 0.4) is 0 Å². The Bertz CT molecular complexity index is 964. The molecule has 0 radical (unpaired) electrons. The maximum Gasteiger partial charge on any atom is 0.208 e. The van der Waals surface area contributed by atoms with Gasteiger partial charge in [-0.2, -0.15) is 5.26 Å². The van der Waals surface area contributed by atoms with E-state index in [-0.39, 0.29) is 17.8 Å². The van der Waals surface area contributed by atoms with Gasteiger partial charge in [0, 0.05) is 30.9 Å². The van der Waals surface area contributed by atoms with Gasteiger partial charge in [0.05, 0.1) is 6.20 Å². The Morgan fingerprint density at radius 2 is 1.96 bits per heavy atom. The fourth-order valence-corrected chi connectivity index (χ4v) is 2.65. The van der Waals surface area contributed by atoms with Gasteiger partial charge in [-0.05, 0) is 31.8 Å². The van der Waals surface area contributed by atoms with Crippen molar-refractivity contribution in [2.45, 2.75) is 6.54 Å². The van der Waals surface area contributed by atoms with E-state index in [0.717, 1.165) is 0 Å². The monoisotopic (exact) mass is 342 g/mol. The predicted molar refractivity (Wildman–Crippen MR) is 90.0 cm³/mol. The average Bonchev–Trinajstić information content (AvgIpc) is 3.01. The number of fused-ring (bicyclic) bond motifs is 1. The third-order valence-corrected chi connectivity index (χ3v) is 3.76. The molecule has 3 aromatic rings. The molecule has 3 rings (SSSR count). The Morgan fingerprint density at radius 1 is 1.28 bits per heavy atom. The number of benzene rings is 1. The number of nitrogens with zero attached hydrogens (tertiary/aromatic N) is 5. The Hall–Kier alpha value is -3.05. The van der Waals surface area contributed by atoms with E-state index in [9.17, 15) is 8.78 Å². The Morgan fingerprint density at radius 3 is 2.52 bits per heavy atom. The third-order valence-electron chi connectivity index (χ3n) is 3.76. The van der Waals surface area contributed by atoms with Gasteiger partial charge in [-0.3, -0.25) is 4.40 Å². The summed E-state index contributed by atoms with van der Waals surface area (Å²) >= 11 is 0. The van der Waals surface area contributed by atoms with Crippen LogP contribution in [0.25, 0.3) is 16.8 Å². The molecule has 0 aliphatic heterocycles. The summed E-state index contributed by atoms with van der Waals surface area (Å²) < 4.78 is 30.4. The van der Waals surface area contributed by atoms with Crippen molar-refractivity contribution in [3.63, 3.8) is 0 Å². The maximum atomic E-state index is 14.4. The van der Waals surface area contributed by atoms with Gasteiger partial charge in [0.1, 0.15) is 17.7 Å². The lowest BCUT2D eigenvalue weighted by atomic mass is 10.0. The molecule has 8 heteroatoms. The highest BCUT2D eigenvalue weighted by Crippen LogP contribution is 2.29. The van der Waals surface area contributed by atoms with E-state index >= 15 is 0 Å². The van der Waals surface area contributed by atoms with Crippen LogP contribution >= 0.6 is 0 Å². The van der Waals surface area contributed by atoms with Gasteiger partial charge in [0.2, 0.25) is 5.95 Å². The summed E-state index contributed by atoms with van der Waals surface area (Å²) in [5, 5.41) is 12.0. The molecule has 1 aromatic carbocycles. The molecule has 0 unspecified atom stereocenters. The van der Waals surface area contributed by atoms with Crippen LogP contribution in [0.15, 0.2) is 24.5 Å². The second-order valence-electron chi connectivity index (χ2n) is 5.83. The number of halogens is 2. The molecule has 0 saturated heterocycles. The van der Waals surface area contributed by atoms with E-state index in [2.05, 4.69) is 15.3 Å². The molecule has 128 valence electrons. The van der Waals surface area contributed by atoms with Gasteiger partial charge < -0.3 is 10.2 Å². The molecule has 6 nitrogen and oxygen atoms in total. The van der Waals surface area contributed by atoms with Crippen molar-refractivity contribution in [1.82, 2.24) is 19.3 Å². The molecule has 1 N–H and O–H groups in total. The maximum absolute atomic E-state index is 14.4. The van der Waals surface area contributed by atoms with Crippen LogP contribution in [0.1, 0.15) is 11.3 Å². The standard InChI is InChI=1S/C17H16F2N6/c1-21-17-22-7-12(16-23-11(6-20)8-25(16)17)10-4-14(18)13(9-24(2)3)15(19)5-10/h4-5,7-8H,9H2,1-3H3,(H,21,22). The minimum Gasteiger partial charge on any atom is -0.358 e. The number of imidazole rings is 1. The molecule has 0 spiro atoms. The van der Waals surface area contributed by atoms with Gasteiger partial charge in [0.15, 0.2) is 11.3 Å². The Balaban J connectivity index is 2.20. The van der Waals surface area contributed by atoms with Crippen molar-refractivity contribution in [3.05, 3.63) is 47.4 Å². The molecular weight excluding hydrogens is 326 g/mol. The van der Waals surface area contributed by atoms with Crippen molar-refractivity contribution < 1.29 is 8.78 Å². The normalized spacial score (nSPS) is 11.1. The van der Waals surface area contributed by atoms with Gasteiger partial charge in [0.25, 0.3) is 0 Å². The second-order valence-corrected chi connectivity index (χ2v) is 5.83. The summed E-state index contributed by atoms with van der Waals surface area (Å²) in [4.78, 5) is 10.1. The van der Waals surface area contributed by atoms with Crippen molar-refractivity contribution >= 4 is 11.6 Å². The van der Waals surface area contributed by atoms with Crippen LogP contribution in [-0.2, 0) is 6.54 Å².